The average Bonchev–Trinajstić information content (AvgIpc) is 2.96. The van der Waals surface area contributed by atoms with Crippen molar-refractivity contribution >= 4 is 5.91 Å². The van der Waals surface area contributed by atoms with Gasteiger partial charge in [-0.1, -0.05) is 12.1 Å². The van der Waals surface area contributed by atoms with Crippen LogP contribution in [0.15, 0.2) is 24.3 Å². The van der Waals surface area contributed by atoms with E-state index >= 15 is 0 Å². The van der Waals surface area contributed by atoms with E-state index in [9.17, 15) is 4.79 Å². The van der Waals surface area contributed by atoms with E-state index in [-0.39, 0.29) is 5.91 Å². The van der Waals surface area contributed by atoms with Crippen LogP contribution >= 0.6 is 0 Å². The standard InChI is InChI=1S/C15H21NO3/c1-18-14-4-2-3-12(9-14)5-6-15(17)16-10-13-7-8-19-11-13/h2-4,9,13H,5-8,10-11H2,1H3,(H,16,17)/t13-/m0/s1. The molecule has 1 heterocycles. The molecule has 0 bridgehead atoms. The lowest BCUT2D eigenvalue weighted by molar-refractivity contribution is -0.121. The highest BCUT2D eigenvalue weighted by molar-refractivity contribution is 5.76. The second kappa shape index (κ2) is 7.14. The Morgan fingerprint density at radius 3 is 3.16 bits per heavy atom. The van der Waals surface area contributed by atoms with E-state index in [0.717, 1.165) is 43.9 Å². The number of aryl methyl sites for hydroxylation is 1. The molecule has 1 aromatic rings. The second-order valence-corrected chi connectivity index (χ2v) is 4.89. The molecule has 1 aliphatic heterocycles. The van der Waals surface area contributed by atoms with Crippen molar-refractivity contribution in [2.45, 2.75) is 19.3 Å². The van der Waals surface area contributed by atoms with Crippen LogP contribution in [0.2, 0.25) is 0 Å². The summed E-state index contributed by atoms with van der Waals surface area (Å²) in [5, 5.41) is 2.97. The molecule has 1 atom stereocenters. The maximum absolute atomic E-state index is 11.7. The molecule has 1 aliphatic rings. The average molecular weight is 263 g/mol. The van der Waals surface area contributed by atoms with Crippen LogP contribution in [0.5, 0.6) is 5.75 Å². The van der Waals surface area contributed by atoms with E-state index in [1.54, 1.807) is 7.11 Å². The first-order chi connectivity index (χ1) is 9.28. The number of rotatable bonds is 6. The molecule has 0 aromatic heterocycles. The van der Waals surface area contributed by atoms with Gasteiger partial charge in [0.05, 0.1) is 13.7 Å². The molecule has 4 heteroatoms. The Morgan fingerprint density at radius 1 is 1.53 bits per heavy atom. The van der Waals surface area contributed by atoms with Gasteiger partial charge in [-0.25, -0.2) is 0 Å². The summed E-state index contributed by atoms with van der Waals surface area (Å²) in [4.78, 5) is 11.7. The van der Waals surface area contributed by atoms with Gasteiger partial charge in [-0.05, 0) is 30.5 Å². The third-order valence-electron chi connectivity index (χ3n) is 3.39. The third kappa shape index (κ3) is 4.56. The van der Waals surface area contributed by atoms with Crippen LogP contribution in [0.3, 0.4) is 0 Å². The van der Waals surface area contributed by atoms with Crippen LogP contribution in [0.4, 0.5) is 0 Å². The minimum Gasteiger partial charge on any atom is -0.497 e. The minimum atomic E-state index is 0.106. The van der Waals surface area contributed by atoms with E-state index < -0.39 is 0 Å². The summed E-state index contributed by atoms with van der Waals surface area (Å²) in [5.41, 5.74) is 1.12. The van der Waals surface area contributed by atoms with Gasteiger partial charge in [0, 0.05) is 25.5 Å². The van der Waals surface area contributed by atoms with Gasteiger partial charge in [0.25, 0.3) is 0 Å². The summed E-state index contributed by atoms with van der Waals surface area (Å²) < 4.78 is 10.4. The first-order valence-corrected chi connectivity index (χ1v) is 6.75. The van der Waals surface area contributed by atoms with Crippen molar-refractivity contribution in [3.63, 3.8) is 0 Å². The van der Waals surface area contributed by atoms with Crippen molar-refractivity contribution in [2.75, 3.05) is 26.9 Å². The zero-order valence-corrected chi connectivity index (χ0v) is 11.4. The molecule has 0 unspecified atom stereocenters. The van der Waals surface area contributed by atoms with Crippen molar-refractivity contribution in [2.24, 2.45) is 5.92 Å². The van der Waals surface area contributed by atoms with E-state index in [0.29, 0.717) is 12.3 Å². The minimum absolute atomic E-state index is 0.106. The van der Waals surface area contributed by atoms with E-state index in [1.807, 2.05) is 24.3 Å². The molecule has 2 rings (SSSR count). The molecule has 4 nitrogen and oxygen atoms in total. The quantitative estimate of drug-likeness (QED) is 0.851. The predicted octanol–water partition coefficient (Wildman–Crippen LogP) is 1.78. The lowest BCUT2D eigenvalue weighted by Gasteiger charge is -2.09. The largest absolute Gasteiger partial charge is 0.497 e. The van der Waals surface area contributed by atoms with Crippen LogP contribution in [0, 0.1) is 5.92 Å². The fraction of sp³-hybridized carbons (Fsp3) is 0.533. The molecule has 1 saturated heterocycles. The van der Waals surface area contributed by atoms with Gasteiger partial charge in [-0.2, -0.15) is 0 Å². The van der Waals surface area contributed by atoms with Crippen LogP contribution in [-0.4, -0.2) is 32.8 Å². The van der Waals surface area contributed by atoms with Crippen molar-refractivity contribution in [3.05, 3.63) is 29.8 Å². The van der Waals surface area contributed by atoms with E-state index in [1.165, 1.54) is 0 Å². The molecule has 0 spiro atoms. The van der Waals surface area contributed by atoms with Crippen LogP contribution in [0.1, 0.15) is 18.4 Å². The molecular formula is C15H21NO3. The van der Waals surface area contributed by atoms with Gasteiger partial charge in [-0.15, -0.1) is 0 Å². The summed E-state index contributed by atoms with van der Waals surface area (Å²) in [6, 6.07) is 7.84. The van der Waals surface area contributed by atoms with Crippen molar-refractivity contribution in [1.29, 1.82) is 0 Å². The maximum atomic E-state index is 11.7. The highest BCUT2D eigenvalue weighted by Crippen LogP contribution is 2.14. The third-order valence-corrected chi connectivity index (χ3v) is 3.39. The van der Waals surface area contributed by atoms with E-state index in [2.05, 4.69) is 5.32 Å². The fourth-order valence-electron chi connectivity index (χ4n) is 2.18. The lowest BCUT2D eigenvalue weighted by atomic mass is 10.1. The smallest absolute Gasteiger partial charge is 0.220 e. The molecule has 1 aromatic carbocycles. The van der Waals surface area contributed by atoms with Gasteiger partial charge in [-0.3, -0.25) is 4.79 Å². The monoisotopic (exact) mass is 263 g/mol. The topological polar surface area (TPSA) is 47.6 Å². The highest BCUT2D eigenvalue weighted by atomic mass is 16.5. The fourth-order valence-corrected chi connectivity index (χ4v) is 2.18. The van der Waals surface area contributed by atoms with Crippen molar-refractivity contribution in [3.8, 4) is 5.75 Å². The van der Waals surface area contributed by atoms with Gasteiger partial charge in [0.1, 0.15) is 5.75 Å². The number of methoxy groups -OCH3 is 1. The van der Waals surface area contributed by atoms with Gasteiger partial charge in [0.2, 0.25) is 5.91 Å². The molecular weight excluding hydrogens is 242 g/mol. The number of benzene rings is 1. The Labute approximate surface area is 114 Å². The summed E-state index contributed by atoms with van der Waals surface area (Å²) in [6.07, 6.45) is 2.31. The number of carbonyl (C=O) groups is 1. The first kappa shape index (κ1) is 13.9. The number of hydrogen-bond acceptors (Lipinski definition) is 3. The Kier molecular flexibility index (Phi) is 5.21. The Morgan fingerprint density at radius 2 is 2.42 bits per heavy atom. The summed E-state index contributed by atoms with van der Waals surface area (Å²) >= 11 is 0. The highest BCUT2D eigenvalue weighted by Gasteiger charge is 2.16. The molecule has 104 valence electrons. The molecule has 1 amide bonds. The van der Waals surface area contributed by atoms with E-state index in [4.69, 9.17) is 9.47 Å². The van der Waals surface area contributed by atoms with Crippen LogP contribution in [0.25, 0.3) is 0 Å². The number of nitrogens with one attached hydrogen (secondary N) is 1. The van der Waals surface area contributed by atoms with Gasteiger partial charge < -0.3 is 14.8 Å². The molecule has 0 radical (unpaired) electrons. The molecule has 19 heavy (non-hydrogen) atoms. The lowest BCUT2D eigenvalue weighted by Crippen LogP contribution is -2.29. The Hall–Kier alpha value is -1.55. The maximum Gasteiger partial charge on any atom is 0.220 e. The summed E-state index contributed by atoms with van der Waals surface area (Å²) in [7, 11) is 1.65. The number of ether oxygens (including phenoxy) is 2. The number of hydrogen-bond donors (Lipinski definition) is 1. The Bertz CT molecular complexity index is 414. The Balaban J connectivity index is 1.70. The zero-order valence-electron chi connectivity index (χ0n) is 11.4. The van der Waals surface area contributed by atoms with Crippen molar-refractivity contribution < 1.29 is 14.3 Å². The zero-order chi connectivity index (χ0) is 13.5. The molecule has 0 saturated carbocycles. The SMILES string of the molecule is COc1cccc(CCC(=O)NC[C@@H]2CCOC2)c1. The number of carbonyl (C=O) groups excluding carboxylic acids is 1. The van der Waals surface area contributed by atoms with Crippen LogP contribution < -0.4 is 10.1 Å². The molecule has 1 fully saturated rings. The second-order valence-electron chi connectivity index (χ2n) is 4.89. The van der Waals surface area contributed by atoms with Crippen LogP contribution in [-0.2, 0) is 16.0 Å². The predicted molar refractivity (Wildman–Crippen MR) is 73.3 cm³/mol. The summed E-state index contributed by atoms with van der Waals surface area (Å²) in [5.74, 6) is 1.43. The van der Waals surface area contributed by atoms with Gasteiger partial charge in [0.15, 0.2) is 0 Å². The number of amides is 1. The first-order valence-electron chi connectivity index (χ1n) is 6.75. The molecule has 0 aliphatic carbocycles. The summed E-state index contributed by atoms with van der Waals surface area (Å²) in [6.45, 7) is 2.33. The molecule has 1 N–H and O–H groups in total. The normalized spacial score (nSPS) is 18.3. The van der Waals surface area contributed by atoms with Crippen molar-refractivity contribution in [1.82, 2.24) is 5.32 Å². The van der Waals surface area contributed by atoms with Gasteiger partial charge >= 0.3 is 0 Å².